The van der Waals surface area contributed by atoms with Crippen molar-refractivity contribution >= 4 is 24.2 Å². The minimum atomic E-state index is 0.413. The number of alkyl halides is 1. The maximum absolute atomic E-state index is 6.03. The van der Waals surface area contributed by atoms with Gasteiger partial charge in [-0.25, -0.2) is 0 Å². The lowest BCUT2D eigenvalue weighted by atomic mass is 9.90. The molecule has 0 saturated heterocycles. The fraction of sp³-hybridized carbons (Fsp3) is 1.00. The molecule has 1 rings (SSSR count). The van der Waals surface area contributed by atoms with Gasteiger partial charge >= 0.3 is 0 Å². The summed E-state index contributed by atoms with van der Waals surface area (Å²) in [4.78, 5) is 0. The Labute approximate surface area is 67.4 Å². The molecule has 1 aliphatic rings. The van der Waals surface area contributed by atoms with E-state index < -0.39 is 0 Å². The Morgan fingerprint density at radius 3 is 2.44 bits per heavy atom. The molecule has 0 bridgehead atoms. The number of rotatable bonds is 1. The van der Waals surface area contributed by atoms with E-state index in [1.807, 2.05) is 0 Å². The molecule has 0 aromatic carbocycles. The van der Waals surface area contributed by atoms with E-state index in [0.717, 1.165) is 5.75 Å². The Morgan fingerprint density at radius 2 is 2.00 bits per heavy atom. The topological polar surface area (TPSA) is 0 Å². The molecule has 9 heavy (non-hydrogen) atoms. The third kappa shape index (κ3) is 2.05. The van der Waals surface area contributed by atoms with Crippen LogP contribution in [0.3, 0.4) is 0 Å². The van der Waals surface area contributed by atoms with E-state index in [9.17, 15) is 0 Å². The van der Waals surface area contributed by atoms with Gasteiger partial charge in [0.1, 0.15) is 0 Å². The van der Waals surface area contributed by atoms with Crippen LogP contribution in [0.4, 0.5) is 0 Å². The van der Waals surface area contributed by atoms with E-state index in [1.54, 1.807) is 0 Å². The zero-order valence-corrected chi connectivity index (χ0v) is 7.17. The van der Waals surface area contributed by atoms with Crippen molar-refractivity contribution in [2.24, 2.45) is 5.92 Å². The molecule has 2 heteroatoms. The standard InChI is InChI=1S/C7H13ClS/c8-7-4-2-1-3-6(7)5-9/h6-7,9H,1-5H2. The van der Waals surface area contributed by atoms with E-state index >= 15 is 0 Å². The van der Waals surface area contributed by atoms with E-state index in [0.29, 0.717) is 11.3 Å². The summed E-state index contributed by atoms with van der Waals surface area (Å²) in [5.74, 6) is 1.65. The average Bonchev–Trinajstić information content (AvgIpc) is 1.89. The molecule has 1 aliphatic carbocycles. The molecule has 0 N–H and O–H groups in total. The van der Waals surface area contributed by atoms with Gasteiger partial charge in [0.2, 0.25) is 0 Å². The monoisotopic (exact) mass is 164 g/mol. The molecule has 0 aromatic rings. The first kappa shape index (κ1) is 7.74. The molecule has 0 amide bonds. The smallest absolute Gasteiger partial charge is 0.0372 e. The van der Waals surface area contributed by atoms with Crippen molar-refractivity contribution in [2.45, 2.75) is 31.1 Å². The number of thiol groups is 1. The molecule has 0 spiro atoms. The number of halogens is 1. The van der Waals surface area contributed by atoms with Crippen molar-refractivity contribution in [1.29, 1.82) is 0 Å². The number of hydrogen-bond donors (Lipinski definition) is 1. The molecule has 0 aromatic heterocycles. The van der Waals surface area contributed by atoms with E-state index in [4.69, 9.17) is 11.6 Å². The minimum Gasteiger partial charge on any atom is -0.179 e. The van der Waals surface area contributed by atoms with E-state index in [-0.39, 0.29) is 0 Å². The maximum atomic E-state index is 6.03. The predicted octanol–water partition coefficient (Wildman–Crippen LogP) is 2.71. The summed E-state index contributed by atoms with van der Waals surface area (Å²) in [5, 5.41) is 0.413. The fourth-order valence-corrected chi connectivity index (χ4v) is 2.30. The Hall–Kier alpha value is 0.640. The van der Waals surface area contributed by atoms with Gasteiger partial charge in [-0.15, -0.1) is 11.6 Å². The van der Waals surface area contributed by atoms with E-state index in [2.05, 4.69) is 12.6 Å². The first-order valence-corrected chi connectivity index (χ1v) is 4.66. The van der Waals surface area contributed by atoms with Gasteiger partial charge in [0.05, 0.1) is 0 Å². The molecule has 2 unspecified atom stereocenters. The second-order valence-electron chi connectivity index (χ2n) is 2.74. The Morgan fingerprint density at radius 1 is 1.33 bits per heavy atom. The second-order valence-corrected chi connectivity index (χ2v) is 3.67. The molecule has 0 heterocycles. The molecule has 1 saturated carbocycles. The van der Waals surface area contributed by atoms with E-state index in [1.165, 1.54) is 25.7 Å². The highest BCUT2D eigenvalue weighted by atomic mass is 35.5. The SMILES string of the molecule is SCC1CCCCC1Cl. The zero-order valence-electron chi connectivity index (χ0n) is 5.52. The van der Waals surface area contributed by atoms with Gasteiger partial charge in [-0.3, -0.25) is 0 Å². The molecule has 1 fully saturated rings. The molecule has 2 atom stereocenters. The highest BCUT2D eigenvalue weighted by Gasteiger charge is 2.20. The largest absolute Gasteiger partial charge is 0.179 e. The van der Waals surface area contributed by atoms with Crippen molar-refractivity contribution in [3.63, 3.8) is 0 Å². The Balaban J connectivity index is 2.30. The summed E-state index contributed by atoms with van der Waals surface area (Å²) < 4.78 is 0. The van der Waals surface area contributed by atoms with Crippen molar-refractivity contribution in [1.82, 2.24) is 0 Å². The van der Waals surface area contributed by atoms with Crippen LogP contribution in [0.25, 0.3) is 0 Å². The van der Waals surface area contributed by atoms with Crippen LogP contribution in [0.5, 0.6) is 0 Å². The van der Waals surface area contributed by atoms with Crippen LogP contribution in [0, 0.1) is 5.92 Å². The molecule has 0 nitrogen and oxygen atoms in total. The third-order valence-corrected chi connectivity index (χ3v) is 3.09. The summed E-state index contributed by atoms with van der Waals surface area (Å²) in [6.07, 6.45) is 5.16. The molecule has 0 aliphatic heterocycles. The lowest BCUT2D eigenvalue weighted by Crippen LogP contribution is -2.20. The van der Waals surface area contributed by atoms with Crippen molar-refractivity contribution < 1.29 is 0 Å². The molecule has 54 valence electrons. The minimum absolute atomic E-state index is 0.413. The van der Waals surface area contributed by atoms with Crippen LogP contribution in [0.2, 0.25) is 0 Å². The third-order valence-electron chi connectivity index (χ3n) is 2.05. The van der Waals surface area contributed by atoms with Gasteiger partial charge in [-0.05, 0) is 24.5 Å². The Bertz CT molecular complexity index is 85.0. The van der Waals surface area contributed by atoms with Crippen molar-refractivity contribution in [2.75, 3.05) is 5.75 Å². The second kappa shape index (κ2) is 3.72. The van der Waals surface area contributed by atoms with Crippen LogP contribution in [-0.4, -0.2) is 11.1 Å². The molecular weight excluding hydrogens is 152 g/mol. The predicted molar refractivity (Wildman–Crippen MR) is 45.5 cm³/mol. The summed E-state index contributed by atoms with van der Waals surface area (Å²) in [6, 6.07) is 0. The normalized spacial score (nSPS) is 36.7. The van der Waals surface area contributed by atoms with Gasteiger partial charge < -0.3 is 0 Å². The lowest BCUT2D eigenvalue weighted by molar-refractivity contribution is 0.399. The van der Waals surface area contributed by atoms with Crippen molar-refractivity contribution in [3.8, 4) is 0 Å². The Kier molecular flexibility index (Phi) is 3.20. The van der Waals surface area contributed by atoms with Crippen LogP contribution < -0.4 is 0 Å². The summed E-state index contributed by atoms with van der Waals surface area (Å²) in [6.45, 7) is 0. The van der Waals surface area contributed by atoms with Gasteiger partial charge in [0.15, 0.2) is 0 Å². The van der Waals surface area contributed by atoms with Crippen LogP contribution in [0.15, 0.2) is 0 Å². The van der Waals surface area contributed by atoms with Crippen LogP contribution in [-0.2, 0) is 0 Å². The van der Waals surface area contributed by atoms with Gasteiger partial charge in [-0.1, -0.05) is 12.8 Å². The molecular formula is C7H13ClS. The summed E-state index contributed by atoms with van der Waals surface area (Å²) in [7, 11) is 0. The van der Waals surface area contributed by atoms with Gasteiger partial charge in [-0.2, -0.15) is 12.6 Å². The first-order chi connectivity index (χ1) is 4.34. The van der Waals surface area contributed by atoms with Crippen LogP contribution in [0.1, 0.15) is 25.7 Å². The summed E-state index contributed by atoms with van der Waals surface area (Å²) in [5.41, 5.74) is 0. The van der Waals surface area contributed by atoms with Gasteiger partial charge in [0, 0.05) is 5.38 Å². The van der Waals surface area contributed by atoms with Crippen LogP contribution >= 0.6 is 24.2 Å². The fourth-order valence-electron chi connectivity index (χ4n) is 1.37. The maximum Gasteiger partial charge on any atom is 0.0372 e. The highest BCUT2D eigenvalue weighted by molar-refractivity contribution is 7.80. The highest BCUT2D eigenvalue weighted by Crippen LogP contribution is 2.28. The number of hydrogen-bond acceptors (Lipinski definition) is 1. The van der Waals surface area contributed by atoms with Gasteiger partial charge in [0.25, 0.3) is 0 Å². The van der Waals surface area contributed by atoms with Crippen molar-refractivity contribution in [3.05, 3.63) is 0 Å². The summed E-state index contributed by atoms with van der Waals surface area (Å²) >= 11 is 10.3. The molecule has 0 radical (unpaired) electrons. The first-order valence-electron chi connectivity index (χ1n) is 3.59. The average molecular weight is 165 g/mol. The quantitative estimate of drug-likeness (QED) is 0.447. The zero-order chi connectivity index (χ0) is 6.69. The lowest BCUT2D eigenvalue weighted by Gasteiger charge is -2.24.